The van der Waals surface area contributed by atoms with Gasteiger partial charge < -0.3 is 0 Å². The molecule has 1 aliphatic rings. The molecule has 1 aliphatic carbocycles. The number of aromatic nitrogens is 3. The zero-order chi connectivity index (χ0) is 14.7. The van der Waals surface area contributed by atoms with Gasteiger partial charge in [-0.2, -0.15) is 5.10 Å². The van der Waals surface area contributed by atoms with Crippen LogP contribution in [0.5, 0.6) is 0 Å². The Balaban J connectivity index is 1.68. The molecular weight excluding hydrogens is 262 g/mol. The average molecular weight is 283 g/mol. The largest absolute Gasteiger partial charge is 0.294 e. The Morgan fingerprint density at radius 2 is 2.10 bits per heavy atom. The summed E-state index contributed by atoms with van der Waals surface area (Å²) in [7, 11) is 0. The summed E-state index contributed by atoms with van der Waals surface area (Å²) in [6.07, 6.45) is 12.1. The van der Waals surface area contributed by atoms with Crippen LogP contribution >= 0.6 is 0 Å². The minimum absolute atomic E-state index is 0.0834. The van der Waals surface area contributed by atoms with E-state index in [1.54, 1.807) is 12.4 Å². The lowest BCUT2D eigenvalue weighted by molar-refractivity contribution is 0.0991. The summed E-state index contributed by atoms with van der Waals surface area (Å²) in [4.78, 5) is 16.3. The quantitative estimate of drug-likeness (QED) is 0.807. The van der Waals surface area contributed by atoms with Gasteiger partial charge in [0.1, 0.15) is 0 Å². The Morgan fingerprint density at radius 3 is 2.86 bits per heavy atom. The monoisotopic (exact) mass is 283 g/mol. The molecule has 0 N–H and O–H groups in total. The van der Waals surface area contributed by atoms with E-state index in [-0.39, 0.29) is 5.78 Å². The fraction of sp³-hybridized carbons (Fsp3) is 0.471. The van der Waals surface area contributed by atoms with E-state index in [0.717, 1.165) is 11.3 Å². The third kappa shape index (κ3) is 3.38. The number of pyridine rings is 1. The molecule has 0 bridgehead atoms. The summed E-state index contributed by atoms with van der Waals surface area (Å²) < 4.78 is 2.05. The molecule has 110 valence electrons. The average Bonchev–Trinajstić information content (AvgIpc) is 2.97. The molecule has 0 aromatic carbocycles. The zero-order valence-electron chi connectivity index (χ0n) is 12.5. The maximum absolute atomic E-state index is 12.3. The van der Waals surface area contributed by atoms with Crippen molar-refractivity contribution in [1.82, 2.24) is 14.8 Å². The standard InChI is InChI=1S/C17H21N3O/c1-13-9-14(12-18-11-13)17(21)10-15-7-8-20(19-15)16-5-3-2-4-6-16/h7-9,11-12,16H,2-6,10H2,1H3. The molecule has 0 radical (unpaired) electrons. The first-order valence-electron chi connectivity index (χ1n) is 7.71. The van der Waals surface area contributed by atoms with Crippen LogP contribution in [0.25, 0.3) is 0 Å². The molecule has 3 rings (SSSR count). The summed E-state index contributed by atoms with van der Waals surface area (Å²) in [6.45, 7) is 1.95. The first kappa shape index (κ1) is 14.0. The van der Waals surface area contributed by atoms with Crippen LogP contribution in [0, 0.1) is 6.92 Å². The highest BCUT2D eigenvalue weighted by atomic mass is 16.1. The smallest absolute Gasteiger partial charge is 0.170 e. The van der Waals surface area contributed by atoms with Crippen LogP contribution in [-0.4, -0.2) is 20.5 Å². The van der Waals surface area contributed by atoms with Gasteiger partial charge in [-0.1, -0.05) is 19.3 Å². The number of Topliss-reactive ketones (excluding diaryl/α,β-unsaturated/α-hetero) is 1. The molecule has 0 amide bonds. The van der Waals surface area contributed by atoms with E-state index in [0.29, 0.717) is 18.0 Å². The highest BCUT2D eigenvalue weighted by Crippen LogP contribution is 2.27. The SMILES string of the molecule is Cc1cncc(C(=O)Cc2ccn(C3CCCCC3)n2)c1. The fourth-order valence-electron chi connectivity index (χ4n) is 2.99. The van der Waals surface area contributed by atoms with Crippen molar-refractivity contribution < 1.29 is 4.79 Å². The lowest BCUT2D eigenvalue weighted by atomic mass is 9.96. The molecule has 1 fully saturated rings. The molecule has 4 heteroatoms. The van der Waals surface area contributed by atoms with Crippen molar-refractivity contribution in [2.45, 2.75) is 51.5 Å². The van der Waals surface area contributed by atoms with E-state index in [2.05, 4.69) is 14.8 Å². The van der Waals surface area contributed by atoms with Gasteiger partial charge in [-0.05, 0) is 37.5 Å². The Kier molecular flexibility index (Phi) is 4.13. The Morgan fingerprint density at radius 1 is 1.29 bits per heavy atom. The van der Waals surface area contributed by atoms with Gasteiger partial charge in [0.15, 0.2) is 5.78 Å². The third-order valence-electron chi connectivity index (χ3n) is 4.15. The number of hydrogen-bond donors (Lipinski definition) is 0. The van der Waals surface area contributed by atoms with Crippen molar-refractivity contribution in [3.8, 4) is 0 Å². The van der Waals surface area contributed by atoms with Crippen molar-refractivity contribution in [3.63, 3.8) is 0 Å². The van der Waals surface area contributed by atoms with Crippen molar-refractivity contribution in [1.29, 1.82) is 0 Å². The van der Waals surface area contributed by atoms with Crippen LogP contribution in [0.4, 0.5) is 0 Å². The van der Waals surface area contributed by atoms with Gasteiger partial charge in [-0.25, -0.2) is 0 Å². The second-order valence-corrected chi connectivity index (χ2v) is 5.93. The van der Waals surface area contributed by atoms with Gasteiger partial charge in [0.05, 0.1) is 18.2 Å². The number of hydrogen-bond acceptors (Lipinski definition) is 3. The molecular formula is C17H21N3O. The number of carbonyl (C=O) groups is 1. The van der Waals surface area contributed by atoms with Crippen molar-refractivity contribution in [2.24, 2.45) is 0 Å². The van der Waals surface area contributed by atoms with Crippen LogP contribution < -0.4 is 0 Å². The number of carbonyl (C=O) groups excluding carboxylic acids is 1. The minimum Gasteiger partial charge on any atom is -0.294 e. The molecule has 2 aromatic rings. The van der Waals surface area contributed by atoms with Gasteiger partial charge >= 0.3 is 0 Å². The normalized spacial score (nSPS) is 16.0. The van der Waals surface area contributed by atoms with Gasteiger partial charge in [0.25, 0.3) is 0 Å². The van der Waals surface area contributed by atoms with Crippen LogP contribution in [0.2, 0.25) is 0 Å². The summed E-state index contributed by atoms with van der Waals surface area (Å²) in [6, 6.07) is 4.37. The lowest BCUT2D eigenvalue weighted by Gasteiger charge is -2.21. The summed E-state index contributed by atoms with van der Waals surface area (Å²) in [5, 5.41) is 4.60. The van der Waals surface area contributed by atoms with Crippen LogP contribution in [0.3, 0.4) is 0 Å². The molecule has 0 unspecified atom stereocenters. The van der Waals surface area contributed by atoms with Crippen LogP contribution in [-0.2, 0) is 6.42 Å². The van der Waals surface area contributed by atoms with Crippen molar-refractivity contribution in [3.05, 3.63) is 47.5 Å². The molecule has 21 heavy (non-hydrogen) atoms. The molecule has 4 nitrogen and oxygen atoms in total. The Bertz CT molecular complexity index is 626. The molecule has 0 spiro atoms. The summed E-state index contributed by atoms with van der Waals surface area (Å²) in [5.41, 5.74) is 2.53. The minimum atomic E-state index is 0.0834. The predicted octanol–water partition coefficient (Wildman–Crippen LogP) is 3.52. The van der Waals surface area contributed by atoms with E-state index >= 15 is 0 Å². The third-order valence-corrected chi connectivity index (χ3v) is 4.15. The van der Waals surface area contributed by atoms with Crippen molar-refractivity contribution >= 4 is 5.78 Å². The Labute approximate surface area is 125 Å². The maximum Gasteiger partial charge on any atom is 0.170 e. The van der Waals surface area contributed by atoms with Crippen LogP contribution in [0.15, 0.2) is 30.7 Å². The van der Waals surface area contributed by atoms with E-state index in [9.17, 15) is 4.79 Å². The summed E-state index contributed by atoms with van der Waals surface area (Å²) in [5.74, 6) is 0.0834. The molecule has 2 heterocycles. The van der Waals surface area contributed by atoms with Gasteiger partial charge in [-0.15, -0.1) is 0 Å². The first-order chi connectivity index (χ1) is 10.2. The van der Waals surface area contributed by atoms with E-state index in [1.165, 1.54) is 32.1 Å². The van der Waals surface area contributed by atoms with Crippen LogP contribution in [0.1, 0.15) is 59.8 Å². The topological polar surface area (TPSA) is 47.8 Å². The van der Waals surface area contributed by atoms with Gasteiger partial charge in [0, 0.05) is 24.2 Å². The maximum atomic E-state index is 12.3. The lowest BCUT2D eigenvalue weighted by Crippen LogP contribution is -2.14. The second-order valence-electron chi connectivity index (χ2n) is 5.93. The van der Waals surface area contributed by atoms with Crippen molar-refractivity contribution in [2.75, 3.05) is 0 Å². The molecule has 0 saturated heterocycles. The van der Waals surface area contributed by atoms with Gasteiger partial charge in [0.2, 0.25) is 0 Å². The fourth-order valence-corrected chi connectivity index (χ4v) is 2.99. The number of rotatable bonds is 4. The molecule has 0 atom stereocenters. The molecule has 0 aliphatic heterocycles. The highest BCUT2D eigenvalue weighted by molar-refractivity contribution is 5.97. The Hall–Kier alpha value is -1.97. The second kappa shape index (κ2) is 6.20. The van der Waals surface area contributed by atoms with E-state index < -0.39 is 0 Å². The molecule has 1 saturated carbocycles. The predicted molar refractivity (Wildman–Crippen MR) is 81.4 cm³/mol. The van der Waals surface area contributed by atoms with E-state index in [1.807, 2.05) is 25.3 Å². The number of nitrogens with zero attached hydrogens (tertiary/aromatic N) is 3. The summed E-state index contributed by atoms with van der Waals surface area (Å²) >= 11 is 0. The first-order valence-corrected chi connectivity index (χ1v) is 7.71. The number of aryl methyl sites for hydroxylation is 1. The van der Waals surface area contributed by atoms with E-state index in [4.69, 9.17) is 0 Å². The highest BCUT2D eigenvalue weighted by Gasteiger charge is 2.17. The zero-order valence-corrected chi connectivity index (χ0v) is 12.5. The van der Waals surface area contributed by atoms with Gasteiger partial charge in [-0.3, -0.25) is 14.5 Å². The number of ketones is 1. The molecule has 2 aromatic heterocycles.